The molecule has 1 aliphatic rings. The highest BCUT2D eigenvalue weighted by atomic mass is 19.1. The standard InChI is InChI=1S/C35H25F3N4O3/c1-18-24(23-8-9-27-29(31(23)38)30(34(44)39-2)32(45-27)20-3-6-22(36)7-4-20)15-21(16-25(18)37)33(43)42-35(12-13-35)28-10-5-19-11-14-40-17-26(19)41-28/h3-11,14-17H,12-13H2,1-2H3,(H,39,44)(H,42,43). The average molecular weight is 607 g/mol. The summed E-state index contributed by atoms with van der Waals surface area (Å²) in [6.45, 7) is 1.49. The molecule has 7 nitrogen and oxygen atoms in total. The minimum Gasteiger partial charge on any atom is -0.455 e. The highest BCUT2D eigenvalue weighted by molar-refractivity contribution is 6.12. The Hall–Kier alpha value is -5.51. The van der Waals surface area contributed by atoms with E-state index in [1.54, 1.807) is 12.4 Å². The van der Waals surface area contributed by atoms with Crippen molar-refractivity contribution in [3.63, 3.8) is 0 Å². The summed E-state index contributed by atoms with van der Waals surface area (Å²) in [6.07, 6.45) is 4.65. The maximum atomic E-state index is 16.4. The molecule has 45 heavy (non-hydrogen) atoms. The smallest absolute Gasteiger partial charge is 0.255 e. The molecule has 2 amide bonds. The lowest BCUT2D eigenvalue weighted by atomic mass is 9.94. The van der Waals surface area contributed by atoms with Crippen LogP contribution in [0.3, 0.4) is 0 Å². The van der Waals surface area contributed by atoms with Crippen LogP contribution in [0, 0.1) is 24.4 Å². The first-order chi connectivity index (χ1) is 21.7. The topological polar surface area (TPSA) is 97.1 Å². The minimum atomic E-state index is -0.823. The van der Waals surface area contributed by atoms with E-state index in [-0.39, 0.29) is 44.5 Å². The highest BCUT2D eigenvalue weighted by Crippen LogP contribution is 2.45. The van der Waals surface area contributed by atoms with E-state index in [2.05, 4.69) is 15.6 Å². The summed E-state index contributed by atoms with van der Waals surface area (Å²) in [6, 6.07) is 16.4. The molecule has 10 heteroatoms. The molecule has 1 fully saturated rings. The number of aromatic nitrogens is 2. The van der Waals surface area contributed by atoms with Crippen LogP contribution in [-0.2, 0) is 5.54 Å². The molecule has 1 aliphatic carbocycles. The first-order valence-corrected chi connectivity index (χ1v) is 14.3. The number of furan rings is 1. The summed E-state index contributed by atoms with van der Waals surface area (Å²) in [4.78, 5) is 35.4. The number of hydrogen-bond donors (Lipinski definition) is 2. The maximum Gasteiger partial charge on any atom is 0.255 e. The summed E-state index contributed by atoms with van der Waals surface area (Å²) in [5.41, 5.74) is 1.30. The van der Waals surface area contributed by atoms with E-state index in [9.17, 15) is 14.0 Å². The van der Waals surface area contributed by atoms with E-state index in [4.69, 9.17) is 9.40 Å². The average Bonchev–Trinajstić information content (AvgIpc) is 3.72. The largest absolute Gasteiger partial charge is 0.455 e. The van der Waals surface area contributed by atoms with Crippen molar-refractivity contribution >= 4 is 33.7 Å². The second-order valence-corrected chi connectivity index (χ2v) is 11.1. The van der Waals surface area contributed by atoms with Gasteiger partial charge in [-0.1, -0.05) is 6.07 Å². The molecule has 0 saturated heterocycles. The number of benzene rings is 3. The van der Waals surface area contributed by atoms with Crippen LogP contribution in [0.25, 0.3) is 44.3 Å². The number of halogens is 3. The van der Waals surface area contributed by atoms with E-state index in [0.29, 0.717) is 29.6 Å². The van der Waals surface area contributed by atoms with Crippen LogP contribution < -0.4 is 10.6 Å². The van der Waals surface area contributed by atoms with Crippen molar-refractivity contribution in [1.82, 2.24) is 20.6 Å². The van der Waals surface area contributed by atoms with Crippen molar-refractivity contribution < 1.29 is 27.2 Å². The Kier molecular flexibility index (Phi) is 6.65. The molecule has 3 aromatic heterocycles. The van der Waals surface area contributed by atoms with Gasteiger partial charge in [-0.2, -0.15) is 0 Å². The fourth-order valence-corrected chi connectivity index (χ4v) is 5.69. The van der Waals surface area contributed by atoms with Crippen LogP contribution >= 0.6 is 0 Å². The van der Waals surface area contributed by atoms with Crippen molar-refractivity contribution in [2.75, 3.05) is 7.05 Å². The zero-order valence-corrected chi connectivity index (χ0v) is 24.2. The van der Waals surface area contributed by atoms with Crippen molar-refractivity contribution in [1.29, 1.82) is 0 Å². The fourth-order valence-electron chi connectivity index (χ4n) is 5.69. The molecule has 224 valence electrons. The van der Waals surface area contributed by atoms with Gasteiger partial charge in [-0.05, 0) is 91.6 Å². The lowest BCUT2D eigenvalue weighted by molar-refractivity contribution is 0.0927. The molecular weight excluding hydrogens is 581 g/mol. The van der Waals surface area contributed by atoms with Crippen LogP contribution in [0.5, 0.6) is 0 Å². The van der Waals surface area contributed by atoms with Gasteiger partial charge < -0.3 is 15.1 Å². The van der Waals surface area contributed by atoms with E-state index in [1.807, 2.05) is 18.2 Å². The monoisotopic (exact) mass is 606 g/mol. The summed E-state index contributed by atoms with van der Waals surface area (Å²) in [5, 5.41) is 6.32. The van der Waals surface area contributed by atoms with Gasteiger partial charge in [-0.25, -0.2) is 18.2 Å². The van der Waals surface area contributed by atoms with Crippen molar-refractivity contribution in [2.24, 2.45) is 0 Å². The summed E-state index contributed by atoms with van der Waals surface area (Å²) in [5.74, 6) is -3.09. The fraction of sp³-hybridized carbons (Fsp3) is 0.143. The number of nitrogens with zero attached hydrogens (tertiary/aromatic N) is 2. The molecule has 3 heterocycles. The number of pyridine rings is 2. The molecule has 0 spiro atoms. The Labute approximate surface area is 255 Å². The number of nitrogens with one attached hydrogen (secondary N) is 2. The zero-order chi connectivity index (χ0) is 31.5. The van der Waals surface area contributed by atoms with Crippen LogP contribution in [0.2, 0.25) is 0 Å². The van der Waals surface area contributed by atoms with E-state index in [1.165, 1.54) is 56.4 Å². The van der Waals surface area contributed by atoms with Gasteiger partial charge in [0, 0.05) is 35.3 Å². The van der Waals surface area contributed by atoms with Crippen LogP contribution in [0.4, 0.5) is 13.2 Å². The Bertz CT molecular complexity index is 2170. The summed E-state index contributed by atoms with van der Waals surface area (Å²) in [7, 11) is 1.40. The number of fused-ring (bicyclic) bond motifs is 2. The predicted octanol–water partition coefficient (Wildman–Crippen LogP) is 7.21. The second kappa shape index (κ2) is 10.6. The highest BCUT2D eigenvalue weighted by Gasteiger charge is 2.47. The molecule has 0 aliphatic heterocycles. The molecule has 0 radical (unpaired) electrons. The van der Waals surface area contributed by atoms with Crippen molar-refractivity contribution in [3.05, 3.63) is 119 Å². The molecule has 7 rings (SSSR count). The summed E-state index contributed by atoms with van der Waals surface area (Å²) < 4.78 is 51.3. The molecule has 0 bridgehead atoms. The molecular formula is C35H25F3N4O3. The third kappa shape index (κ3) is 4.79. The molecule has 2 N–H and O–H groups in total. The van der Waals surface area contributed by atoms with Gasteiger partial charge in [-0.3, -0.25) is 14.6 Å². The first kappa shape index (κ1) is 28.3. The number of rotatable bonds is 6. The SMILES string of the molecule is CNC(=O)c1c(-c2ccc(F)cc2)oc2ccc(-c3cc(C(=O)NC4(c5ccc6ccncc6n5)CC4)cc(F)c3C)c(F)c12. The van der Waals surface area contributed by atoms with Gasteiger partial charge in [0.25, 0.3) is 11.8 Å². The van der Waals surface area contributed by atoms with E-state index < -0.39 is 34.8 Å². The number of carbonyl (C=O) groups is 2. The molecule has 0 atom stereocenters. The minimum absolute atomic E-state index is 0.00653. The zero-order valence-electron chi connectivity index (χ0n) is 24.2. The predicted molar refractivity (Wildman–Crippen MR) is 163 cm³/mol. The van der Waals surface area contributed by atoms with Gasteiger partial charge in [0.15, 0.2) is 0 Å². The third-order valence-electron chi connectivity index (χ3n) is 8.34. The van der Waals surface area contributed by atoms with Gasteiger partial charge in [-0.15, -0.1) is 0 Å². The normalized spacial score (nSPS) is 13.6. The van der Waals surface area contributed by atoms with Gasteiger partial charge >= 0.3 is 0 Å². The lowest BCUT2D eigenvalue weighted by Crippen LogP contribution is -2.35. The first-order valence-electron chi connectivity index (χ1n) is 14.3. The second-order valence-electron chi connectivity index (χ2n) is 11.1. The quantitative estimate of drug-likeness (QED) is 0.209. The van der Waals surface area contributed by atoms with Crippen molar-refractivity contribution in [3.8, 4) is 22.5 Å². The lowest BCUT2D eigenvalue weighted by Gasteiger charge is -2.18. The van der Waals surface area contributed by atoms with Crippen LogP contribution in [0.1, 0.15) is 44.8 Å². The van der Waals surface area contributed by atoms with Gasteiger partial charge in [0.1, 0.15) is 28.8 Å². The third-order valence-corrected chi connectivity index (χ3v) is 8.34. The maximum absolute atomic E-state index is 16.4. The Morgan fingerprint density at radius 1 is 0.911 bits per heavy atom. The van der Waals surface area contributed by atoms with Crippen LogP contribution in [-0.4, -0.2) is 28.8 Å². The Morgan fingerprint density at radius 3 is 2.42 bits per heavy atom. The van der Waals surface area contributed by atoms with Gasteiger partial charge in [0.05, 0.1) is 33.9 Å². The Morgan fingerprint density at radius 2 is 1.69 bits per heavy atom. The summed E-state index contributed by atoms with van der Waals surface area (Å²) >= 11 is 0. The number of hydrogen-bond acceptors (Lipinski definition) is 5. The van der Waals surface area contributed by atoms with E-state index >= 15 is 8.78 Å². The van der Waals surface area contributed by atoms with Crippen LogP contribution in [0.15, 0.2) is 83.5 Å². The van der Waals surface area contributed by atoms with E-state index in [0.717, 1.165) is 11.5 Å². The molecule has 6 aromatic rings. The van der Waals surface area contributed by atoms with Gasteiger partial charge in [0.2, 0.25) is 0 Å². The van der Waals surface area contributed by atoms with Crippen molar-refractivity contribution in [2.45, 2.75) is 25.3 Å². The number of carbonyl (C=O) groups excluding carboxylic acids is 2. The molecule has 1 saturated carbocycles. The Balaban J connectivity index is 1.29. The molecule has 0 unspecified atom stereocenters. The molecule has 3 aromatic carbocycles. The number of amides is 2.